The zero-order chi connectivity index (χ0) is 12.8. The second kappa shape index (κ2) is 3.82. The molecular formula is C12H18N2O3. The Morgan fingerprint density at radius 2 is 2.18 bits per heavy atom. The van der Waals surface area contributed by atoms with Gasteiger partial charge in [-0.2, -0.15) is 4.98 Å². The van der Waals surface area contributed by atoms with E-state index in [-0.39, 0.29) is 11.3 Å². The molecule has 0 spiro atoms. The Hall–Kier alpha value is -1.39. The molecule has 2 atom stereocenters. The van der Waals surface area contributed by atoms with E-state index in [9.17, 15) is 4.79 Å². The number of rotatable bonds is 4. The summed E-state index contributed by atoms with van der Waals surface area (Å²) in [7, 11) is 0. The summed E-state index contributed by atoms with van der Waals surface area (Å²) in [6, 6.07) is 0. The lowest BCUT2D eigenvalue weighted by Crippen LogP contribution is -2.03. The maximum atomic E-state index is 11.1. The Morgan fingerprint density at radius 1 is 1.53 bits per heavy atom. The fraction of sp³-hybridized carbons (Fsp3) is 0.750. The first-order valence-electron chi connectivity index (χ1n) is 5.89. The van der Waals surface area contributed by atoms with Gasteiger partial charge in [0.05, 0.1) is 11.8 Å². The van der Waals surface area contributed by atoms with Crippen molar-refractivity contribution in [2.24, 2.45) is 17.3 Å². The molecule has 2 unspecified atom stereocenters. The Bertz CT molecular complexity index is 437. The standard InChI is InChI=1S/C12H18N2O3/c1-6(2)5-7-13-10(17-14-7)8-9(11(15)16)12(8,3)4/h6,8-9H,5H2,1-4H3,(H,15,16). The van der Waals surface area contributed by atoms with Crippen LogP contribution in [0.15, 0.2) is 4.52 Å². The summed E-state index contributed by atoms with van der Waals surface area (Å²) < 4.78 is 5.18. The minimum absolute atomic E-state index is 0.145. The number of aromatic nitrogens is 2. The normalized spacial score (nSPS) is 26.2. The molecule has 1 fully saturated rings. The Balaban J connectivity index is 2.14. The largest absolute Gasteiger partial charge is 0.481 e. The highest BCUT2D eigenvalue weighted by atomic mass is 16.5. The van der Waals surface area contributed by atoms with Gasteiger partial charge in [0.15, 0.2) is 5.82 Å². The van der Waals surface area contributed by atoms with Crippen molar-refractivity contribution in [3.05, 3.63) is 11.7 Å². The molecule has 1 aromatic heterocycles. The van der Waals surface area contributed by atoms with E-state index in [0.717, 1.165) is 6.42 Å². The molecule has 0 aliphatic heterocycles. The third kappa shape index (κ3) is 2.06. The van der Waals surface area contributed by atoms with Gasteiger partial charge in [0.2, 0.25) is 5.89 Å². The predicted molar refractivity (Wildman–Crippen MR) is 60.5 cm³/mol. The third-order valence-corrected chi connectivity index (χ3v) is 3.43. The van der Waals surface area contributed by atoms with E-state index >= 15 is 0 Å². The van der Waals surface area contributed by atoms with Gasteiger partial charge in [-0.25, -0.2) is 0 Å². The Morgan fingerprint density at radius 3 is 2.65 bits per heavy atom. The van der Waals surface area contributed by atoms with Crippen LogP contribution in [0.5, 0.6) is 0 Å². The minimum atomic E-state index is -0.788. The molecule has 5 nitrogen and oxygen atoms in total. The van der Waals surface area contributed by atoms with Gasteiger partial charge < -0.3 is 9.63 Å². The van der Waals surface area contributed by atoms with E-state index in [1.165, 1.54) is 0 Å². The highest BCUT2D eigenvalue weighted by Gasteiger charge is 2.65. The molecule has 0 saturated heterocycles. The monoisotopic (exact) mass is 238 g/mol. The van der Waals surface area contributed by atoms with E-state index in [0.29, 0.717) is 17.6 Å². The average molecular weight is 238 g/mol. The lowest BCUT2D eigenvalue weighted by atomic mass is 10.1. The van der Waals surface area contributed by atoms with Gasteiger partial charge in [0, 0.05) is 6.42 Å². The summed E-state index contributed by atoms with van der Waals surface area (Å²) in [5.74, 6) is 0.259. The van der Waals surface area contributed by atoms with Gasteiger partial charge >= 0.3 is 5.97 Å². The van der Waals surface area contributed by atoms with Crippen LogP contribution in [0.1, 0.15) is 45.3 Å². The number of hydrogen-bond acceptors (Lipinski definition) is 4. The van der Waals surface area contributed by atoms with Crippen LogP contribution in [0.3, 0.4) is 0 Å². The SMILES string of the molecule is CC(C)Cc1noc(C2C(C(=O)O)C2(C)C)n1. The van der Waals surface area contributed by atoms with Crippen LogP contribution >= 0.6 is 0 Å². The molecule has 0 aromatic carbocycles. The summed E-state index contributed by atoms with van der Waals surface area (Å²) in [5, 5.41) is 13.0. The average Bonchev–Trinajstić information content (AvgIpc) is 2.54. The summed E-state index contributed by atoms with van der Waals surface area (Å²) in [4.78, 5) is 15.4. The molecule has 1 aromatic rings. The second-order valence-electron chi connectivity index (χ2n) is 5.76. The van der Waals surface area contributed by atoms with Gasteiger partial charge in [-0.05, 0) is 11.3 Å². The molecule has 1 saturated carbocycles. The topological polar surface area (TPSA) is 76.2 Å². The molecule has 1 aliphatic carbocycles. The van der Waals surface area contributed by atoms with Crippen molar-refractivity contribution in [2.45, 2.75) is 40.0 Å². The molecule has 1 N–H and O–H groups in total. The van der Waals surface area contributed by atoms with Crippen molar-refractivity contribution < 1.29 is 14.4 Å². The molecular weight excluding hydrogens is 220 g/mol. The number of aliphatic carboxylic acids is 1. The zero-order valence-electron chi connectivity index (χ0n) is 10.6. The van der Waals surface area contributed by atoms with Gasteiger partial charge in [-0.1, -0.05) is 32.9 Å². The van der Waals surface area contributed by atoms with Crippen molar-refractivity contribution in [1.82, 2.24) is 10.1 Å². The van der Waals surface area contributed by atoms with E-state index in [2.05, 4.69) is 24.0 Å². The first-order valence-corrected chi connectivity index (χ1v) is 5.89. The lowest BCUT2D eigenvalue weighted by Gasteiger charge is -1.97. The molecule has 1 heterocycles. The van der Waals surface area contributed by atoms with Crippen LogP contribution in [-0.4, -0.2) is 21.2 Å². The quantitative estimate of drug-likeness (QED) is 0.869. The minimum Gasteiger partial charge on any atom is -0.481 e. The van der Waals surface area contributed by atoms with Gasteiger partial charge in [-0.15, -0.1) is 0 Å². The lowest BCUT2D eigenvalue weighted by molar-refractivity contribution is -0.139. The Labute approximate surface area is 100 Å². The van der Waals surface area contributed by atoms with E-state index in [1.54, 1.807) is 0 Å². The fourth-order valence-corrected chi connectivity index (χ4v) is 2.40. The van der Waals surface area contributed by atoms with Crippen LogP contribution in [-0.2, 0) is 11.2 Å². The van der Waals surface area contributed by atoms with Crippen LogP contribution in [0.2, 0.25) is 0 Å². The van der Waals surface area contributed by atoms with Crippen LogP contribution in [0, 0.1) is 17.3 Å². The van der Waals surface area contributed by atoms with Crippen molar-refractivity contribution in [3.63, 3.8) is 0 Å². The molecule has 0 amide bonds. The summed E-state index contributed by atoms with van der Waals surface area (Å²) in [6.07, 6.45) is 0.758. The van der Waals surface area contributed by atoms with Crippen LogP contribution in [0.4, 0.5) is 0 Å². The molecule has 17 heavy (non-hydrogen) atoms. The van der Waals surface area contributed by atoms with Crippen molar-refractivity contribution in [2.75, 3.05) is 0 Å². The first kappa shape index (κ1) is 12.1. The van der Waals surface area contributed by atoms with Gasteiger partial charge in [-0.3, -0.25) is 4.79 Å². The van der Waals surface area contributed by atoms with E-state index in [1.807, 2.05) is 13.8 Å². The van der Waals surface area contributed by atoms with Crippen molar-refractivity contribution in [3.8, 4) is 0 Å². The van der Waals surface area contributed by atoms with Crippen LogP contribution in [0.25, 0.3) is 0 Å². The molecule has 1 aliphatic rings. The number of carbonyl (C=O) groups is 1. The maximum absolute atomic E-state index is 11.1. The van der Waals surface area contributed by atoms with Crippen molar-refractivity contribution >= 4 is 5.97 Å². The number of carboxylic acid groups (broad SMARTS) is 1. The fourth-order valence-electron chi connectivity index (χ4n) is 2.40. The number of carboxylic acids is 1. The van der Waals surface area contributed by atoms with Crippen LogP contribution < -0.4 is 0 Å². The zero-order valence-corrected chi connectivity index (χ0v) is 10.6. The molecule has 0 radical (unpaired) electrons. The highest BCUT2D eigenvalue weighted by molar-refractivity contribution is 5.77. The van der Waals surface area contributed by atoms with E-state index in [4.69, 9.17) is 9.63 Å². The maximum Gasteiger partial charge on any atom is 0.307 e. The van der Waals surface area contributed by atoms with E-state index < -0.39 is 11.9 Å². The number of hydrogen-bond donors (Lipinski definition) is 1. The molecule has 94 valence electrons. The van der Waals surface area contributed by atoms with Gasteiger partial charge in [0.1, 0.15) is 0 Å². The summed E-state index contributed by atoms with van der Waals surface area (Å²) in [6.45, 7) is 8.00. The molecule has 5 heteroatoms. The highest BCUT2D eigenvalue weighted by Crippen LogP contribution is 2.63. The Kier molecular flexibility index (Phi) is 2.72. The van der Waals surface area contributed by atoms with Crippen molar-refractivity contribution in [1.29, 1.82) is 0 Å². The molecule has 0 bridgehead atoms. The summed E-state index contributed by atoms with van der Waals surface area (Å²) in [5.41, 5.74) is -0.284. The van der Waals surface area contributed by atoms with Gasteiger partial charge in [0.25, 0.3) is 0 Å². The predicted octanol–water partition coefficient (Wildman–Crippen LogP) is 2.09. The third-order valence-electron chi connectivity index (χ3n) is 3.43. The smallest absolute Gasteiger partial charge is 0.307 e. The molecule has 2 rings (SSSR count). The summed E-state index contributed by atoms with van der Waals surface area (Å²) >= 11 is 0. The first-order chi connectivity index (χ1) is 7.84. The number of nitrogens with zero attached hydrogens (tertiary/aromatic N) is 2. The second-order valence-corrected chi connectivity index (χ2v) is 5.76.